The monoisotopic (exact) mass is 405 g/mol. The molecule has 0 spiro atoms. The zero-order chi connectivity index (χ0) is 21.6. The maximum absolute atomic E-state index is 13.1. The molecule has 29 heavy (non-hydrogen) atoms. The first-order valence-corrected chi connectivity index (χ1v) is 9.88. The van der Waals surface area contributed by atoms with E-state index in [-0.39, 0.29) is 29.9 Å². The van der Waals surface area contributed by atoms with Crippen LogP contribution >= 0.6 is 0 Å². The van der Waals surface area contributed by atoms with Crippen LogP contribution in [0.4, 0.5) is 11.5 Å². The van der Waals surface area contributed by atoms with Crippen LogP contribution in [0.15, 0.2) is 32.4 Å². The van der Waals surface area contributed by atoms with Gasteiger partial charge in [0.2, 0.25) is 5.91 Å². The molecule has 0 fully saturated rings. The topological polar surface area (TPSA) is 118 Å². The second-order valence-electron chi connectivity index (χ2n) is 7.65. The number of hydrogen-bond donors (Lipinski definition) is 2. The number of aromatic nitrogens is 2. The van der Waals surface area contributed by atoms with E-state index in [1.165, 1.54) is 9.47 Å². The van der Waals surface area contributed by atoms with Crippen LogP contribution in [0.25, 0.3) is 0 Å². The van der Waals surface area contributed by atoms with E-state index < -0.39 is 11.2 Å². The van der Waals surface area contributed by atoms with Gasteiger partial charge in [0.1, 0.15) is 11.6 Å². The second-order valence-corrected chi connectivity index (χ2v) is 7.65. The number of unbranched alkanes of at least 4 members (excludes halogenated alkanes) is 1. The molecule has 2 heterocycles. The van der Waals surface area contributed by atoms with Crippen molar-refractivity contribution in [2.24, 2.45) is 5.92 Å². The highest BCUT2D eigenvalue weighted by Crippen LogP contribution is 2.19. The molecule has 0 atom stereocenters. The Labute approximate surface area is 170 Å². The van der Waals surface area contributed by atoms with Crippen molar-refractivity contribution in [1.29, 1.82) is 0 Å². The van der Waals surface area contributed by atoms with Gasteiger partial charge in [-0.15, -0.1) is 0 Å². The third-order valence-electron chi connectivity index (χ3n) is 4.48. The number of rotatable bonds is 10. The van der Waals surface area contributed by atoms with Crippen molar-refractivity contribution in [2.45, 2.75) is 46.7 Å². The van der Waals surface area contributed by atoms with Crippen LogP contribution in [0.5, 0.6) is 0 Å². The van der Waals surface area contributed by atoms with E-state index in [1.54, 1.807) is 24.3 Å². The van der Waals surface area contributed by atoms with Crippen LogP contribution in [0.3, 0.4) is 0 Å². The van der Waals surface area contributed by atoms with Crippen molar-refractivity contribution in [3.8, 4) is 0 Å². The van der Waals surface area contributed by atoms with Gasteiger partial charge in [-0.05, 0) is 31.5 Å². The van der Waals surface area contributed by atoms with Gasteiger partial charge in [0.05, 0.1) is 19.4 Å². The summed E-state index contributed by atoms with van der Waals surface area (Å²) < 4.78 is 6.64. The molecule has 0 saturated carbocycles. The average molecular weight is 405 g/mol. The van der Waals surface area contributed by atoms with Crippen LogP contribution in [-0.2, 0) is 17.9 Å². The minimum Gasteiger partial charge on any atom is -0.468 e. The summed E-state index contributed by atoms with van der Waals surface area (Å²) in [6.07, 6.45) is 3.13. The number of nitrogens with zero attached hydrogens (tertiary/aromatic N) is 3. The van der Waals surface area contributed by atoms with Gasteiger partial charge < -0.3 is 15.1 Å². The largest absolute Gasteiger partial charge is 0.468 e. The van der Waals surface area contributed by atoms with Gasteiger partial charge in [0.25, 0.3) is 5.56 Å². The Kier molecular flexibility index (Phi) is 7.83. The highest BCUT2D eigenvalue weighted by atomic mass is 16.3. The normalized spacial score (nSPS) is 11.4. The van der Waals surface area contributed by atoms with E-state index >= 15 is 0 Å². The number of anilines is 2. The van der Waals surface area contributed by atoms with Gasteiger partial charge in [-0.25, -0.2) is 4.79 Å². The Bertz CT molecular complexity index is 914. The minimum atomic E-state index is -0.648. The molecule has 0 aromatic carbocycles. The second kappa shape index (κ2) is 10.1. The number of carbonyl (C=O) groups excluding carboxylic acids is 1. The quantitative estimate of drug-likeness (QED) is 0.620. The van der Waals surface area contributed by atoms with Crippen molar-refractivity contribution >= 4 is 17.4 Å². The number of furan rings is 1. The third-order valence-corrected chi connectivity index (χ3v) is 4.48. The number of H-pyrrole nitrogens is 1. The van der Waals surface area contributed by atoms with E-state index in [0.29, 0.717) is 26.1 Å². The molecule has 0 radical (unpaired) electrons. The Hall–Kier alpha value is -2.81. The Balaban J connectivity index is 2.34. The van der Waals surface area contributed by atoms with Crippen LogP contribution < -0.4 is 21.9 Å². The molecular weight excluding hydrogens is 374 g/mol. The zero-order valence-electron chi connectivity index (χ0n) is 17.6. The molecule has 0 aliphatic carbocycles. The fourth-order valence-electron chi connectivity index (χ4n) is 3.10. The molecule has 0 saturated heterocycles. The lowest BCUT2D eigenvalue weighted by molar-refractivity contribution is -0.119. The number of nitrogen functional groups attached to an aromatic ring is 1. The molecule has 0 aliphatic rings. The van der Waals surface area contributed by atoms with E-state index in [4.69, 9.17) is 10.2 Å². The molecule has 2 aromatic heterocycles. The van der Waals surface area contributed by atoms with Crippen LogP contribution in [0.1, 0.15) is 39.4 Å². The number of nitrogens with two attached hydrogens (primary N) is 1. The van der Waals surface area contributed by atoms with Gasteiger partial charge in [0, 0.05) is 13.1 Å². The molecule has 2 rings (SSSR count). The summed E-state index contributed by atoms with van der Waals surface area (Å²) in [4.78, 5) is 43.4. The van der Waals surface area contributed by atoms with Crippen molar-refractivity contribution < 1.29 is 9.21 Å². The Morgan fingerprint density at radius 3 is 2.66 bits per heavy atom. The van der Waals surface area contributed by atoms with Crippen LogP contribution in [0, 0.1) is 5.92 Å². The summed E-state index contributed by atoms with van der Waals surface area (Å²) in [6.45, 7) is 7.12. The first-order valence-electron chi connectivity index (χ1n) is 9.88. The molecule has 9 nitrogen and oxygen atoms in total. The van der Waals surface area contributed by atoms with E-state index in [1.807, 2.05) is 26.8 Å². The molecule has 2 aromatic rings. The fraction of sp³-hybridized carbons (Fsp3) is 0.550. The summed E-state index contributed by atoms with van der Waals surface area (Å²) in [7, 11) is 1.80. The number of hydrogen-bond acceptors (Lipinski definition) is 6. The first kappa shape index (κ1) is 22.5. The summed E-state index contributed by atoms with van der Waals surface area (Å²) in [5, 5.41) is 0. The third kappa shape index (κ3) is 5.83. The standard InChI is InChI=1S/C20H31N5O4/c1-5-6-9-24(16(26)13-23(4)12-15-8-7-10-29-15)17-18(21)25(11-14(2)3)20(28)22-19(17)27/h7-8,10,14H,5-6,9,11-13,21H2,1-4H3,(H,22,27,28). The molecule has 3 N–H and O–H groups in total. The highest BCUT2D eigenvalue weighted by molar-refractivity contribution is 5.96. The molecule has 0 unspecified atom stereocenters. The predicted octanol–water partition coefficient (Wildman–Crippen LogP) is 1.63. The lowest BCUT2D eigenvalue weighted by Crippen LogP contribution is -2.45. The van der Waals surface area contributed by atoms with Crippen LogP contribution in [0.2, 0.25) is 0 Å². The molecular formula is C20H31N5O4. The van der Waals surface area contributed by atoms with E-state index in [0.717, 1.165) is 12.2 Å². The van der Waals surface area contributed by atoms with Crippen molar-refractivity contribution in [1.82, 2.24) is 14.5 Å². The van der Waals surface area contributed by atoms with Crippen molar-refractivity contribution in [2.75, 3.05) is 30.8 Å². The van der Waals surface area contributed by atoms with Gasteiger partial charge in [0.15, 0.2) is 5.69 Å². The smallest absolute Gasteiger partial charge is 0.330 e. The average Bonchev–Trinajstić information content (AvgIpc) is 3.13. The van der Waals surface area contributed by atoms with Gasteiger partial charge in [-0.3, -0.25) is 24.0 Å². The Morgan fingerprint density at radius 1 is 1.34 bits per heavy atom. The summed E-state index contributed by atoms with van der Waals surface area (Å²) in [5.74, 6) is 0.640. The molecule has 0 bridgehead atoms. The molecule has 1 amide bonds. The predicted molar refractivity (Wildman–Crippen MR) is 113 cm³/mol. The number of amides is 1. The number of carbonyl (C=O) groups is 1. The molecule has 0 aliphatic heterocycles. The Morgan fingerprint density at radius 2 is 2.07 bits per heavy atom. The first-order chi connectivity index (χ1) is 13.7. The zero-order valence-corrected chi connectivity index (χ0v) is 17.6. The number of nitrogens with one attached hydrogen (secondary N) is 1. The lowest BCUT2D eigenvalue weighted by Gasteiger charge is -2.26. The van der Waals surface area contributed by atoms with E-state index in [9.17, 15) is 14.4 Å². The van der Waals surface area contributed by atoms with Gasteiger partial charge in [-0.1, -0.05) is 27.2 Å². The highest BCUT2D eigenvalue weighted by Gasteiger charge is 2.25. The van der Waals surface area contributed by atoms with Crippen LogP contribution in [-0.4, -0.2) is 40.5 Å². The number of likely N-dealkylation sites (N-methyl/N-ethyl adjacent to an activating group) is 1. The van der Waals surface area contributed by atoms with Crippen molar-refractivity contribution in [3.05, 3.63) is 45.0 Å². The lowest BCUT2D eigenvalue weighted by atomic mass is 10.2. The van der Waals surface area contributed by atoms with Gasteiger partial charge in [-0.2, -0.15) is 0 Å². The van der Waals surface area contributed by atoms with Gasteiger partial charge >= 0.3 is 5.69 Å². The fourth-order valence-corrected chi connectivity index (χ4v) is 3.10. The van der Waals surface area contributed by atoms with Crippen molar-refractivity contribution in [3.63, 3.8) is 0 Å². The molecule has 160 valence electrons. The van der Waals surface area contributed by atoms with E-state index in [2.05, 4.69) is 4.98 Å². The maximum atomic E-state index is 13.1. The summed E-state index contributed by atoms with van der Waals surface area (Å²) in [5.41, 5.74) is 5.03. The summed E-state index contributed by atoms with van der Waals surface area (Å²) >= 11 is 0. The summed E-state index contributed by atoms with van der Waals surface area (Å²) in [6, 6.07) is 3.62. The number of aromatic amines is 1. The maximum Gasteiger partial charge on any atom is 0.330 e. The minimum absolute atomic E-state index is 0.0191. The molecule has 9 heteroatoms. The SMILES string of the molecule is CCCCN(C(=O)CN(C)Cc1ccco1)c1c(N)n(CC(C)C)c(=O)[nH]c1=O.